The predicted octanol–water partition coefficient (Wildman–Crippen LogP) is 1.48. The van der Waals surface area contributed by atoms with Crippen LogP contribution >= 0.6 is 0 Å². The van der Waals surface area contributed by atoms with Gasteiger partial charge in [-0.3, -0.25) is 0 Å². The lowest BCUT2D eigenvalue weighted by atomic mass is 10.2. The summed E-state index contributed by atoms with van der Waals surface area (Å²) in [5.41, 5.74) is 1.15. The number of carbonyl (C=O) groups is 1. The number of benzene rings is 1. The third-order valence-corrected chi connectivity index (χ3v) is 2.04. The third-order valence-electron chi connectivity index (χ3n) is 2.04. The summed E-state index contributed by atoms with van der Waals surface area (Å²) in [4.78, 5) is 10.7. The van der Waals surface area contributed by atoms with Crippen molar-refractivity contribution in [3.05, 3.63) is 48.2 Å². The van der Waals surface area contributed by atoms with E-state index >= 15 is 0 Å². The van der Waals surface area contributed by atoms with E-state index in [2.05, 4.69) is 10.1 Å². The van der Waals surface area contributed by atoms with Gasteiger partial charge in [-0.2, -0.15) is 0 Å². The van der Waals surface area contributed by atoms with Crippen LogP contribution in [0.2, 0.25) is 0 Å². The maximum Gasteiger partial charge on any atom is 0.331 e. The molecule has 92 valence electrons. The second-order valence-corrected chi connectivity index (χ2v) is 3.35. The van der Waals surface area contributed by atoms with Crippen LogP contribution in [0.4, 0.5) is 0 Å². The summed E-state index contributed by atoms with van der Waals surface area (Å²) < 4.78 is 9.88. The summed E-state index contributed by atoms with van der Waals surface area (Å²) >= 11 is 0. The second-order valence-electron chi connectivity index (χ2n) is 3.35. The Kier molecular flexibility index (Phi) is 6.51. The van der Waals surface area contributed by atoms with Crippen LogP contribution in [0.3, 0.4) is 0 Å². The van der Waals surface area contributed by atoms with E-state index in [-0.39, 0.29) is 5.97 Å². The molecule has 0 aliphatic carbocycles. The van der Waals surface area contributed by atoms with Crippen LogP contribution in [0, 0.1) is 0 Å². The van der Waals surface area contributed by atoms with Gasteiger partial charge < -0.3 is 14.8 Å². The minimum atomic E-state index is -0.372. The SMILES string of the molecule is COC(=O)/C=C/NCCOCc1ccccc1. The van der Waals surface area contributed by atoms with Crippen molar-refractivity contribution in [2.75, 3.05) is 20.3 Å². The average Bonchev–Trinajstić information content (AvgIpc) is 2.38. The van der Waals surface area contributed by atoms with E-state index in [1.807, 2.05) is 30.3 Å². The van der Waals surface area contributed by atoms with Crippen LogP contribution in [-0.2, 0) is 20.9 Å². The number of rotatable bonds is 7. The fourth-order valence-corrected chi connectivity index (χ4v) is 1.17. The van der Waals surface area contributed by atoms with Gasteiger partial charge in [0.1, 0.15) is 0 Å². The smallest absolute Gasteiger partial charge is 0.331 e. The molecule has 4 nitrogen and oxygen atoms in total. The zero-order valence-corrected chi connectivity index (χ0v) is 9.89. The van der Waals surface area contributed by atoms with Crippen molar-refractivity contribution < 1.29 is 14.3 Å². The minimum absolute atomic E-state index is 0.372. The van der Waals surface area contributed by atoms with Crippen molar-refractivity contribution in [1.29, 1.82) is 0 Å². The van der Waals surface area contributed by atoms with E-state index in [1.54, 1.807) is 6.20 Å². The first-order valence-corrected chi connectivity index (χ1v) is 5.42. The largest absolute Gasteiger partial charge is 0.466 e. The van der Waals surface area contributed by atoms with Gasteiger partial charge in [-0.05, 0) is 5.56 Å². The fourth-order valence-electron chi connectivity index (χ4n) is 1.17. The third kappa shape index (κ3) is 6.37. The normalized spacial score (nSPS) is 10.4. The quantitative estimate of drug-likeness (QED) is 0.442. The van der Waals surface area contributed by atoms with Gasteiger partial charge in [0.25, 0.3) is 0 Å². The molecular weight excluding hydrogens is 218 g/mol. The minimum Gasteiger partial charge on any atom is -0.466 e. The highest BCUT2D eigenvalue weighted by molar-refractivity contribution is 5.81. The molecule has 0 radical (unpaired) electrons. The van der Waals surface area contributed by atoms with Crippen LogP contribution in [0.5, 0.6) is 0 Å². The van der Waals surface area contributed by atoms with Crippen LogP contribution in [0.1, 0.15) is 5.56 Å². The van der Waals surface area contributed by atoms with Gasteiger partial charge in [-0.15, -0.1) is 0 Å². The highest BCUT2D eigenvalue weighted by Crippen LogP contribution is 1.99. The molecule has 0 fully saturated rings. The summed E-state index contributed by atoms with van der Waals surface area (Å²) in [5, 5.41) is 2.93. The molecule has 0 aliphatic heterocycles. The number of esters is 1. The Hall–Kier alpha value is -1.81. The molecule has 0 saturated heterocycles. The maximum absolute atomic E-state index is 10.7. The number of carbonyl (C=O) groups excluding carboxylic acids is 1. The molecule has 0 aliphatic rings. The second kappa shape index (κ2) is 8.35. The topological polar surface area (TPSA) is 47.6 Å². The van der Waals surface area contributed by atoms with Gasteiger partial charge in [-0.1, -0.05) is 30.3 Å². The Labute approximate surface area is 101 Å². The summed E-state index contributed by atoms with van der Waals surface area (Å²) in [6.07, 6.45) is 2.88. The van der Waals surface area contributed by atoms with Gasteiger partial charge in [0.2, 0.25) is 0 Å². The van der Waals surface area contributed by atoms with E-state index < -0.39 is 0 Å². The van der Waals surface area contributed by atoms with Crippen molar-refractivity contribution in [1.82, 2.24) is 5.32 Å². The summed E-state index contributed by atoms with van der Waals surface area (Å²) in [6, 6.07) is 9.98. The highest BCUT2D eigenvalue weighted by Gasteiger charge is 1.91. The Morgan fingerprint density at radius 2 is 2.12 bits per heavy atom. The number of hydrogen-bond acceptors (Lipinski definition) is 4. The van der Waals surface area contributed by atoms with Gasteiger partial charge >= 0.3 is 5.97 Å². The fraction of sp³-hybridized carbons (Fsp3) is 0.308. The molecule has 0 atom stereocenters. The van der Waals surface area contributed by atoms with Crippen molar-refractivity contribution in [3.8, 4) is 0 Å². The van der Waals surface area contributed by atoms with E-state index in [0.29, 0.717) is 19.8 Å². The van der Waals surface area contributed by atoms with E-state index in [1.165, 1.54) is 13.2 Å². The van der Waals surface area contributed by atoms with Crippen molar-refractivity contribution in [2.45, 2.75) is 6.61 Å². The molecule has 0 saturated carbocycles. The first-order valence-electron chi connectivity index (χ1n) is 5.42. The van der Waals surface area contributed by atoms with Crippen LogP contribution in [0.15, 0.2) is 42.6 Å². The van der Waals surface area contributed by atoms with Crippen LogP contribution in [0.25, 0.3) is 0 Å². The Morgan fingerprint density at radius 3 is 2.82 bits per heavy atom. The van der Waals surface area contributed by atoms with Crippen molar-refractivity contribution >= 4 is 5.97 Å². The van der Waals surface area contributed by atoms with Gasteiger partial charge in [0.05, 0.1) is 20.3 Å². The predicted molar refractivity (Wildman–Crippen MR) is 65.3 cm³/mol. The molecule has 0 spiro atoms. The van der Waals surface area contributed by atoms with Gasteiger partial charge in [0.15, 0.2) is 0 Å². The molecular formula is C13H17NO3. The van der Waals surface area contributed by atoms with Crippen LogP contribution < -0.4 is 5.32 Å². The number of ether oxygens (including phenoxy) is 2. The highest BCUT2D eigenvalue weighted by atomic mass is 16.5. The molecule has 1 rings (SSSR count). The molecule has 0 unspecified atom stereocenters. The lowest BCUT2D eigenvalue weighted by Gasteiger charge is -2.04. The summed E-state index contributed by atoms with van der Waals surface area (Å²) in [6.45, 7) is 1.84. The number of nitrogens with one attached hydrogen (secondary N) is 1. The molecule has 17 heavy (non-hydrogen) atoms. The Morgan fingerprint density at radius 1 is 1.35 bits per heavy atom. The molecule has 0 aromatic heterocycles. The summed E-state index contributed by atoms with van der Waals surface area (Å²) in [7, 11) is 1.34. The first-order chi connectivity index (χ1) is 8.33. The van der Waals surface area contributed by atoms with E-state index in [4.69, 9.17) is 4.74 Å². The molecule has 4 heteroatoms. The van der Waals surface area contributed by atoms with Gasteiger partial charge in [0, 0.05) is 18.8 Å². The van der Waals surface area contributed by atoms with Gasteiger partial charge in [-0.25, -0.2) is 4.79 Å². The average molecular weight is 235 g/mol. The zero-order valence-electron chi connectivity index (χ0n) is 9.89. The Balaban J connectivity index is 2.02. The Bertz CT molecular complexity index is 349. The summed E-state index contributed by atoms with van der Waals surface area (Å²) in [5.74, 6) is -0.372. The monoisotopic (exact) mass is 235 g/mol. The number of hydrogen-bond donors (Lipinski definition) is 1. The maximum atomic E-state index is 10.7. The van der Waals surface area contributed by atoms with Crippen molar-refractivity contribution in [3.63, 3.8) is 0 Å². The molecule has 1 aromatic rings. The molecule has 1 aromatic carbocycles. The first kappa shape index (κ1) is 13.3. The lowest BCUT2D eigenvalue weighted by molar-refractivity contribution is -0.134. The molecule has 0 heterocycles. The molecule has 1 N–H and O–H groups in total. The lowest BCUT2D eigenvalue weighted by Crippen LogP contribution is -2.14. The van der Waals surface area contributed by atoms with Crippen LogP contribution in [-0.4, -0.2) is 26.2 Å². The standard InChI is InChI=1S/C13H17NO3/c1-16-13(15)7-8-14-9-10-17-11-12-5-3-2-4-6-12/h2-8,14H,9-11H2,1H3/b8-7+. The molecule has 0 amide bonds. The van der Waals surface area contributed by atoms with E-state index in [9.17, 15) is 4.79 Å². The van der Waals surface area contributed by atoms with E-state index in [0.717, 1.165) is 5.56 Å². The zero-order chi connectivity index (χ0) is 12.3. The number of methoxy groups -OCH3 is 1. The molecule has 0 bridgehead atoms. The van der Waals surface area contributed by atoms with Crippen molar-refractivity contribution in [2.24, 2.45) is 0 Å².